The fourth-order valence-corrected chi connectivity index (χ4v) is 1.29. The molecule has 0 heterocycles. The number of nitrogens with zero attached hydrogens (tertiary/aromatic N) is 1. The maximum absolute atomic E-state index is 11.7. The van der Waals surface area contributed by atoms with Crippen LogP contribution in [0.4, 0.5) is 4.79 Å². The summed E-state index contributed by atoms with van der Waals surface area (Å²) < 4.78 is 0. The molecule has 0 aliphatic carbocycles. The summed E-state index contributed by atoms with van der Waals surface area (Å²) in [5.74, 6) is 0. The second kappa shape index (κ2) is 10.7. The standard InChI is InChI=1S/C10H25N5O/c11-4-1-7-14-10(16)15(8-2-5-12)9-3-6-13/h1-9,11-13H2,(H,14,16). The monoisotopic (exact) mass is 231 g/mol. The summed E-state index contributed by atoms with van der Waals surface area (Å²) in [6.45, 7) is 3.77. The molecule has 6 nitrogen and oxygen atoms in total. The van der Waals surface area contributed by atoms with Crippen molar-refractivity contribution in [1.29, 1.82) is 0 Å². The minimum Gasteiger partial charge on any atom is -0.338 e. The van der Waals surface area contributed by atoms with Gasteiger partial charge in [-0.05, 0) is 38.9 Å². The van der Waals surface area contributed by atoms with Crippen LogP contribution in [-0.2, 0) is 0 Å². The van der Waals surface area contributed by atoms with Crippen molar-refractivity contribution in [3.05, 3.63) is 0 Å². The van der Waals surface area contributed by atoms with Crippen molar-refractivity contribution in [2.75, 3.05) is 39.3 Å². The molecule has 16 heavy (non-hydrogen) atoms. The lowest BCUT2D eigenvalue weighted by Crippen LogP contribution is -2.42. The van der Waals surface area contributed by atoms with Crippen molar-refractivity contribution in [3.63, 3.8) is 0 Å². The van der Waals surface area contributed by atoms with Crippen molar-refractivity contribution in [3.8, 4) is 0 Å². The molecule has 0 fully saturated rings. The van der Waals surface area contributed by atoms with E-state index >= 15 is 0 Å². The quantitative estimate of drug-likeness (QED) is 0.383. The molecule has 0 atom stereocenters. The molecule has 0 unspecified atom stereocenters. The first kappa shape index (κ1) is 15.2. The Morgan fingerprint density at radius 1 is 0.938 bits per heavy atom. The van der Waals surface area contributed by atoms with Crippen LogP contribution in [0.3, 0.4) is 0 Å². The Labute approximate surface area is 97.5 Å². The zero-order valence-corrected chi connectivity index (χ0v) is 9.95. The lowest BCUT2D eigenvalue weighted by atomic mass is 10.3. The second-order valence-corrected chi connectivity index (χ2v) is 3.65. The zero-order valence-electron chi connectivity index (χ0n) is 9.95. The number of carbonyl (C=O) groups excluding carboxylic acids is 1. The summed E-state index contributed by atoms with van der Waals surface area (Å²) in [5, 5.41) is 2.83. The van der Waals surface area contributed by atoms with Gasteiger partial charge in [0.15, 0.2) is 0 Å². The van der Waals surface area contributed by atoms with Crippen molar-refractivity contribution in [2.45, 2.75) is 19.3 Å². The lowest BCUT2D eigenvalue weighted by molar-refractivity contribution is 0.197. The van der Waals surface area contributed by atoms with E-state index in [1.54, 1.807) is 4.90 Å². The largest absolute Gasteiger partial charge is 0.338 e. The first-order valence-corrected chi connectivity index (χ1v) is 5.89. The van der Waals surface area contributed by atoms with Crippen LogP contribution in [0.15, 0.2) is 0 Å². The summed E-state index contributed by atoms with van der Waals surface area (Å²) in [5.41, 5.74) is 16.2. The molecule has 0 saturated carbocycles. The molecule has 0 saturated heterocycles. The fraction of sp³-hybridized carbons (Fsp3) is 0.900. The van der Waals surface area contributed by atoms with E-state index in [1.807, 2.05) is 0 Å². The molecule has 2 amide bonds. The normalized spacial score (nSPS) is 10.2. The molecular weight excluding hydrogens is 206 g/mol. The van der Waals surface area contributed by atoms with E-state index in [2.05, 4.69) is 5.32 Å². The molecular formula is C10H25N5O. The number of nitrogens with one attached hydrogen (secondary N) is 1. The van der Waals surface area contributed by atoms with Gasteiger partial charge in [-0.3, -0.25) is 0 Å². The van der Waals surface area contributed by atoms with Gasteiger partial charge in [-0.15, -0.1) is 0 Å². The van der Waals surface area contributed by atoms with E-state index in [0.717, 1.165) is 19.3 Å². The van der Waals surface area contributed by atoms with Gasteiger partial charge in [-0.1, -0.05) is 0 Å². The van der Waals surface area contributed by atoms with E-state index in [9.17, 15) is 4.79 Å². The topological polar surface area (TPSA) is 110 Å². The van der Waals surface area contributed by atoms with Gasteiger partial charge in [-0.25, -0.2) is 4.79 Å². The highest BCUT2D eigenvalue weighted by Gasteiger charge is 2.10. The maximum atomic E-state index is 11.7. The Morgan fingerprint density at radius 2 is 1.44 bits per heavy atom. The SMILES string of the molecule is NCCCNC(=O)N(CCCN)CCCN. The van der Waals surface area contributed by atoms with Gasteiger partial charge in [-0.2, -0.15) is 0 Å². The van der Waals surface area contributed by atoms with E-state index < -0.39 is 0 Å². The Kier molecular flexibility index (Phi) is 10.1. The molecule has 0 aromatic heterocycles. The molecule has 6 heteroatoms. The van der Waals surface area contributed by atoms with Crippen LogP contribution in [0.2, 0.25) is 0 Å². The number of carbonyl (C=O) groups is 1. The first-order valence-electron chi connectivity index (χ1n) is 5.89. The maximum Gasteiger partial charge on any atom is 0.317 e. The third-order valence-corrected chi connectivity index (χ3v) is 2.21. The molecule has 0 aromatic carbocycles. The van der Waals surface area contributed by atoms with Crippen molar-refractivity contribution in [2.24, 2.45) is 17.2 Å². The zero-order chi connectivity index (χ0) is 12.2. The molecule has 0 aliphatic heterocycles. The highest BCUT2D eigenvalue weighted by Crippen LogP contribution is 1.94. The van der Waals surface area contributed by atoms with E-state index in [4.69, 9.17) is 17.2 Å². The Hall–Kier alpha value is -0.850. The highest BCUT2D eigenvalue weighted by atomic mass is 16.2. The van der Waals surface area contributed by atoms with Crippen LogP contribution >= 0.6 is 0 Å². The smallest absolute Gasteiger partial charge is 0.317 e. The number of hydrogen-bond acceptors (Lipinski definition) is 4. The molecule has 0 aliphatic rings. The predicted octanol–water partition coefficient (Wildman–Crippen LogP) is -0.956. The lowest BCUT2D eigenvalue weighted by Gasteiger charge is -2.22. The summed E-state index contributed by atoms with van der Waals surface area (Å²) in [6.07, 6.45) is 2.43. The van der Waals surface area contributed by atoms with E-state index in [1.165, 1.54) is 0 Å². The van der Waals surface area contributed by atoms with Crippen molar-refractivity contribution >= 4 is 6.03 Å². The average Bonchev–Trinajstić information content (AvgIpc) is 2.29. The number of hydrogen-bond donors (Lipinski definition) is 4. The molecule has 7 N–H and O–H groups in total. The molecule has 0 bridgehead atoms. The molecule has 0 rings (SSSR count). The van der Waals surface area contributed by atoms with Crippen LogP contribution in [0.5, 0.6) is 0 Å². The van der Waals surface area contributed by atoms with Crippen LogP contribution < -0.4 is 22.5 Å². The summed E-state index contributed by atoms with van der Waals surface area (Å²) in [6, 6.07) is -0.0460. The Bertz CT molecular complexity index is 169. The van der Waals surface area contributed by atoms with Gasteiger partial charge in [0, 0.05) is 19.6 Å². The Balaban J connectivity index is 3.88. The third kappa shape index (κ3) is 7.44. The number of amides is 2. The van der Waals surface area contributed by atoms with Crippen molar-refractivity contribution in [1.82, 2.24) is 10.2 Å². The van der Waals surface area contributed by atoms with E-state index in [0.29, 0.717) is 39.3 Å². The second-order valence-electron chi connectivity index (χ2n) is 3.65. The van der Waals surface area contributed by atoms with Gasteiger partial charge in [0.1, 0.15) is 0 Å². The molecule has 0 aromatic rings. The average molecular weight is 231 g/mol. The van der Waals surface area contributed by atoms with Crippen molar-refractivity contribution < 1.29 is 4.79 Å². The number of nitrogens with two attached hydrogens (primary N) is 3. The van der Waals surface area contributed by atoms with E-state index in [-0.39, 0.29) is 6.03 Å². The van der Waals surface area contributed by atoms with Gasteiger partial charge in [0.2, 0.25) is 0 Å². The summed E-state index contributed by atoms with van der Waals surface area (Å²) in [4.78, 5) is 13.5. The van der Waals surface area contributed by atoms with Gasteiger partial charge < -0.3 is 27.4 Å². The predicted molar refractivity (Wildman–Crippen MR) is 66.0 cm³/mol. The van der Waals surface area contributed by atoms with Crippen LogP contribution in [0.25, 0.3) is 0 Å². The Morgan fingerprint density at radius 3 is 1.88 bits per heavy atom. The highest BCUT2D eigenvalue weighted by molar-refractivity contribution is 5.74. The number of urea groups is 1. The van der Waals surface area contributed by atoms with Crippen LogP contribution in [0.1, 0.15) is 19.3 Å². The van der Waals surface area contributed by atoms with Gasteiger partial charge in [0.25, 0.3) is 0 Å². The first-order chi connectivity index (χ1) is 7.76. The van der Waals surface area contributed by atoms with Crippen LogP contribution in [-0.4, -0.2) is 50.2 Å². The summed E-state index contributed by atoms with van der Waals surface area (Å²) in [7, 11) is 0. The third-order valence-electron chi connectivity index (χ3n) is 2.21. The fourth-order valence-electron chi connectivity index (χ4n) is 1.29. The van der Waals surface area contributed by atoms with Gasteiger partial charge >= 0.3 is 6.03 Å². The number of rotatable bonds is 9. The minimum absolute atomic E-state index is 0.0460. The van der Waals surface area contributed by atoms with Gasteiger partial charge in [0.05, 0.1) is 0 Å². The molecule has 0 spiro atoms. The van der Waals surface area contributed by atoms with Crippen LogP contribution in [0, 0.1) is 0 Å². The molecule has 96 valence electrons. The minimum atomic E-state index is -0.0460. The molecule has 0 radical (unpaired) electrons. The summed E-state index contributed by atoms with van der Waals surface area (Å²) >= 11 is 0.